The molecule has 0 spiro atoms. The summed E-state index contributed by atoms with van der Waals surface area (Å²) < 4.78 is 1.78. The van der Waals surface area contributed by atoms with Crippen LogP contribution in [0.1, 0.15) is 21.5 Å². The first-order valence-corrected chi connectivity index (χ1v) is 9.81. The second-order valence-electron chi connectivity index (χ2n) is 6.34. The Bertz CT molecular complexity index is 1320. The lowest BCUT2D eigenvalue weighted by Gasteiger charge is -2.13. The van der Waals surface area contributed by atoms with Gasteiger partial charge in [-0.3, -0.25) is 19.5 Å². The minimum Gasteiger partial charge on any atom is -0.331 e. The van der Waals surface area contributed by atoms with Crippen molar-refractivity contribution < 1.29 is 4.79 Å². The predicted octanol–water partition coefficient (Wildman–Crippen LogP) is 4.37. The molecule has 0 saturated heterocycles. The standard InChI is InChI=1S/C20H16N4O2S2/c1-11-4-3-5-16(12(11)2)24-18(26)14-7-6-13(10-15(14)22-20(24)27)17(25)23-19-21-8-9-28-19/h3-10H,1-2H3,(H,22,27)(H,21,23,25). The highest BCUT2D eigenvalue weighted by Gasteiger charge is 2.13. The van der Waals surface area contributed by atoms with Crippen LogP contribution in [0.25, 0.3) is 16.6 Å². The van der Waals surface area contributed by atoms with Gasteiger partial charge in [-0.2, -0.15) is 0 Å². The molecule has 2 aromatic carbocycles. The van der Waals surface area contributed by atoms with Gasteiger partial charge < -0.3 is 4.98 Å². The smallest absolute Gasteiger partial charge is 0.266 e. The van der Waals surface area contributed by atoms with Crippen molar-refractivity contribution in [1.82, 2.24) is 14.5 Å². The Balaban J connectivity index is 1.83. The Morgan fingerprint density at radius 3 is 2.82 bits per heavy atom. The normalized spacial score (nSPS) is 10.9. The first kappa shape index (κ1) is 18.3. The zero-order valence-electron chi connectivity index (χ0n) is 15.1. The van der Waals surface area contributed by atoms with Gasteiger partial charge in [0.25, 0.3) is 11.5 Å². The maximum Gasteiger partial charge on any atom is 0.266 e. The summed E-state index contributed by atoms with van der Waals surface area (Å²) in [5.74, 6) is -0.296. The topological polar surface area (TPSA) is 79.8 Å². The number of benzene rings is 2. The van der Waals surface area contributed by atoms with Gasteiger partial charge in [-0.05, 0) is 61.5 Å². The lowest BCUT2D eigenvalue weighted by Crippen LogP contribution is -2.22. The van der Waals surface area contributed by atoms with E-state index in [9.17, 15) is 9.59 Å². The lowest BCUT2D eigenvalue weighted by molar-refractivity contribution is 0.102. The van der Waals surface area contributed by atoms with Crippen LogP contribution in [0.15, 0.2) is 52.8 Å². The van der Waals surface area contributed by atoms with E-state index in [2.05, 4.69) is 15.3 Å². The Kier molecular flexibility index (Phi) is 4.66. The number of anilines is 1. The molecule has 0 unspecified atom stereocenters. The fourth-order valence-corrected chi connectivity index (χ4v) is 3.83. The van der Waals surface area contributed by atoms with Crippen LogP contribution in [0.5, 0.6) is 0 Å². The second kappa shape index (κ2) is 7.14. The number of carbonyl (C=O) groups excluding carboxylic acids is 1. The quantitative estimate of drug-likeness (QED) is 0.493. The predicted molar refractivity (Wildman–Crippen MR) is 114 cm³/mol. The molecule has 8 heteroatoms. The maximum atomic E-state index is 13.1. The van der Waals surface area contributed by atoms with E-state index < -0.39 is 0 Å². The molecule has 1 amide bonds. The minimum absolute atomic E-state index is 0.223. The molecule has 4 rings (SSSR count). The number of carbonyl (C=O) groups is 1. The molecule has 2 N–H and O–H groups in total. The van der Waals surface area contributed by atoms with Gasteiger partial charge >= 0.3 is 0 Å². The van der Waals surface area contributed by atoms with E-state index in [1.54, 1.807) is 29.8 Å². The fourth-order valence-electron chi connectivity index (χ4n) is 3.01. The number of H-pyrrole nitrogens is 1. The number of nitrogens with one attached hydrogen (secondary N) is 2. The number of thiazole rings is 1. The summed E-state index contributed by atoms with van der Waals surface area (Å²) in [4.78, 5) is 32.7. The van der Waals surface area contributed by atoms with E-state index in [1.165, 1.54) is 15.9 Å². The van der Waals surface area contributed by atoms with E-state index in [0.29, 0.717) is 21.6 Å². The van der Waals surface area contributed by atoms with E-state index in [1.807, 2.05) is 32.0 Å². The summed E-state index contributed by atoms with van der Waals surface area (Å²) in [5, 5.41) is 5.48. The van der Waals surface area contributed by atoms with Crippen LogP contribution in [0.2, 0.25) is 0 Å². The Morgan fingerprint density at radius 1 is 1.25 bits per heavy atom. The first-order valence-electron chi connectivity index (χ1n) is 8.52. The van der Waals surface area contributed by atoms with E-state index in [4.69, 9.17) is 12.2 Å². The van der Waals surface area contributed by atoms with Gasteiger partial charge in [-0.1, -0.05) is 12.1 Å². The number of hydrogen-bond acceptors (Lipinski definition) is 5. The van der Waals surface area contributed by atoms with Crippen molar-refractivity contribution in [3.05, 3.63) is 79.8 Å². The molecule has 0 radical (unpaired) electrons. The van der Waals surface area contributed by atoms with Crippen LogP contribution >= 0.6 is 23.6 Å². The summed E-state index contributed by atoms with van der Waals surface area (Å²) >= 11 is 6.79. The molecule has 28 heavy (non-hydrogen) atoms. The van der Waals surface area contributed by atoms with E-state index in [0.717, 1.165) is 16.8 Å². The molecule has 0 aliphatic heterocycles. The van der Waals surface area contributed by atoms with E-state index in [-0.39, 0.29) is 16.2 Å². The zero-order valence-corrected chi connectivity index (χ0v) is 16.8. The third-order valence-corrected chi connectivity index (χ3v) is 5.60. The van der Waals surface area contributed by atoms with Gasteiger partial charge in [-0.25, -0.2) is 4.98 Å². The molecule has 4 aromatic rings. The summed E-state index contributed by atoms with van der Waals surface area (Å²) in [6.45, 7) is 3.95. The third kappa shape index (κ3) is 3.17. The van der Waals surface area contributed by atoms with Crippen LogP contribution in [-0.2, 0) is 0 Å². The minimum atomic E-state index is -0.296. The molecule has 6 nitrogen and oxygen atoms in total. The van der Waals surface area contributed by atoms with Crippen molar-refractivity contribution in [2.75, 3.05) is 5.32 Å². The number of fused-ring (bicyclic) bond motifs is 1. The molecular weight excluding hydrogens is 392 g/mol. The number of aryl methyl sites for hydroxylation is 1. The van der Waals surface area contributed by atoms with E-state index >= 15 is 0 Å². The highest BCUT2D eigenvalue weighted by atomic mass is 32.1. The third-order valence-electron chi connectivity index (χ3n) is 4.63. The monoisotopic (exact) mass is 408 g/mol. The van der Waals surface area contributed by atoms with Gasteiger partial charge in [-0.15, -0.1) is 11.3 Å². The summed E-state index contributed by atoms with van der Waals surface area (Å²) in [6, 6.07) is 10.6. The molecule has 0 saturated carbocycles. The van der Waals surface area contributed by atoms with Crippen LogP contribution in [0, 0.1) is 18.6 Å². The van der Waals surface area contributed by atoms with Gasteiger partial charge in [0, 0.05) is 17.1 Å². The van der Waals surface area contributed by atoms with Gasteiger partial charge in [0.2, 0.25) is 0 Å². The molecule has 140 valence electrons. The number of nitrogens with zero attached hydrogens (tertiary/aromatic N) is 2. The largest absolute Gasteiger partial charge is 0.331 e. The van der Waals surface area contributed by atoms with Gasteiger partial charge in [0.05, 0.1) is 16.6 Å². The highest BCUT2D eigenvalue weighted by Crippen LogP contribution is 2.19. The van der Waals surface area contributed by atoms with Crippen molar-refractivity contribution in [1.29, 1.82) is 0 Å². The van der Waals surface area contributed by atoms with Crippen molar-refractivity contribution in [3.8, 4) is 5.69 Å². The van der Waals surface area contributed by atoms with Gasteiger partial charge in [0.15, 0.2) is 9.90 Å². The fraction of sp³-hybridized carbons (Fsp3) is 0.100. The molecule has 2 aromatic heterocycles. The van der Waals surface area contributed by atoms with Crippen molar-refractivity contribution >= 4 is 45.5 Å². The lowest BCUT2D eigenvalue weighted by atomic mass is 10.1. The van der Waals surface area contributed by atoms with Crippen molar-refractivity contribution in [2.24, 2.45) is 0 Å². The van der Waals surface area contributed by atoms with Gasteiger partial charge in [0.1, 0.15) is 0 Å². The average molecular weight is 409 g/mol. The Labute approximate surface area is 169 Å². The molecular formula is C20H16N4O2S2. The highest BCUT2D eigenvalue weighted by molar-refractivity contribution is 7.71. The molecule has 0 bridgehead atoms. The molecule has 0 aliphatic carbocycles. The van der Waals surface area contributed by atoms with Crippen LogP contribution < -0.4 is 10.9 Å². The molecule has 0 fully saturated rings. The molecule has 0 aliphatic rings. The Morgan fingerprint density at radius 2 is 2.07 bits per heavy atom. The zero-order chi connectivity index (χ0) is 19.8. The summed E-state index contributed by atoms with van der Waals surface area (Å²) in [7, 11) is 0. The van der Waals surface area contributed by atoms with Crippen LogP contribution in [0.4, 0.5) is 5.13 Å². The number of aromatic amines is 1. The number of hydrogen-bond donors (Lipinski definition) is 2. The number of aromatic nitrogens is 3. The SMILES string of the molecule is Cc1cccc(-n2c(=S)[nH]c3cc(C(=O)Nc4nccs4)ccc3c2=O)c1C. The Hall–Kier alpha value is -3.10. The first-order chi connectivity index (χ1) is 13.5. The average Bonchev–Trinajstić information content (AvgIpc) is 3.17. The van der Waals surface area contributed by atoms with Crippen LogP contribution in [-0.4, -0.2) is 20.4 Å². The van der Waals surface area contributed by atoms with Crippen molar-refractivity contribution in [3.63, 3.8) is 0 Å². The molecule has 0 atom stereocenters. The molecule has 2 heterocycles. The number of rotatable bonds is 3. The van der Waals surface area contributed by atoms with Crippen molar-refractivity contribution in [2.45, 2.75) is 13.8 Å². The van der Waals surface area contributed by atoms with Crippen LogP contribution in [0.3, 0.4) is 0 Å². The summed E-state index contributed by atoms with van der Waals surface area (Å²) in [6.07, 6.45) is 1.62. The second-order valence-corrected chi connectivity index (χ2v) is 7.62. The maximum absolute atomic E-state index is 13.1. The number of amides is 1. The summed E-state index contributed by atoms with van der Waals surface area (Å²) in [5.41, 5.74) is 3.52.